The number of aromatic nitrogens is 2. The molecule has 4 heteroatoms. The van der Waals surface area contributed by atoms with Gasteiger partial charge in [-0.1, -0.05) is 22.9 Å². The van der Waals surface area contributed by atoms with E-state index in [0.29, 0.717) is 4.83 Å². The minimum Gasteiger partial charge on any atom is -0.358 e. The van der Waals surface area contributed by atoms with E-state index in [0.717, 1.165) is 18.1 Å². The molecule has 0 spiro atoms. The predicted octanol–water partition coefficient (Wildman–Crippen LogP) is 2.00. The smallest absolute Gasteiger partial charge is 0.131 e. The molecule has 0 aromatic carbocycles. The molecular weight excluding hydrogens is 230 g/mol. The summed E-state index contributed by atoms with van der Waals surface area (Å²) in [7, 11) is 2.03. The first kappa shape index (κ1) is 10.4. The third kappa shape index (κ3) is 3.30. The van der Waals surface area contributed by atoms with Crippen molar-refractivity contribution in [2.75, 3.05) is 18.5 Å². The van der Waals surface area contributed by atoms with Gasteiger partial charge in [0.2, 0.25) is 0 Å². The standard InChI is InChI=1S/C9H14BrN3/c1-7(10)5-13(3)9-4-8(2)11-6-12-9/h4,6-7H,5H2,1-3H3. The highest BCUT2D eigenvalue weighted by atomic mass is 79.9. The SMILES string of the molecule is Cc1cc(N(C)CC(C)Br)ncn1. The minimum absolute atomic E-state index is 0.466. The second kappa shape index (κ2) is 4.56. The van der Waals surface area contributed by atoms with Crippen molar-refractivity contribution in [1.29, 1.82) is 0 Å². The Bertz CT molecular complexity index is 275. The highest BCUT2D eigenvalue weighted by Gasteiger charge is 2.05. The van der Waals surface area contributed by atoms with Gasteiger partial charge in [-0.25, -0.2) is 9.97 Å². The van der Waals surface area contributed by atoms with Crippen molar-refractivity contribution in [1.82, 2.24) is 9.97 Å². The lowest BCUT2D eigenvalue weighted by molar-refractivity contribution is 0.853. The molecule has 0 N–H and O–H groups in total. The summed E-state index contributed by atoms with van der Waals surface area (Å²) >= 11 is 3.51. The van der Waals surface area contributed by atoms with Gasteiger partial charge in [0.1, 0.15) is 12.1 Å². The van der Waals surface area contributed by atoms with E-state index in [1.165, 1.54) is 0 Å². The maximum absolute atomic E-state index is 4.19. The zero-order valence-electron chi connectivity index (χ0n) is 8.16. The number of anilines is 1. The molecular formula is C9H14BrN3. The molecule has 0 bridgehead atoms. The van der Waals surface area contributed by atoms with Crippen LogP contribution in [0.1, 0.15) is 12.6 Å². The molecule has 1 rings (SSSR count). The molecule has 1 unspecified atom stereocenters. The van der Waals surface area contributed by atoms with Gasteiger partial charge in [0.05, 0.1) is 0 Å². The average molecular weight is 244 g/mol. The van der Waals surface area contributed by atoms with E-state index in [9.17, 15) is 0 Å². The summed E-state index contributed by atoms with van der Waals surface area (Å²) in [6.07, 6.45) is 1.60. The molecule has 0 saturated heterocycles. The summed E-state index contributed by atoms with van der Waals surface area (Å²) in [5, 5.41) is 0. The lowest BCUT2D eigenvalue weighted by atomic mass is 10.4. The van der Waals surface area contributed by atoms with Crippen molar-refractivity contribution in [3.05, 3.63) is 18.1 Å². The lowest BCUT2D eigenvalue weighted by Gasteiger charge is -2.19. The van der Waals surface area contributed by atoms with Gasteiger partial charge in [0, 0.05) is 30.2 Å². The van der Waals surface area contributed by atoms with E-state index < -0.39 is 0 Å². The molecule has 1 heterocycles. The summed E-state index contributed by atoms with van der Waals surface area (Å²) in [5.74, 6) is 0.971. The molecule has 0 amide bonds. The first-order valence-electron chi connectivity index (χ1n) is 4.23. The fourth-order valence-electron chi connectivity index (χ4n) is 1.12. The summed E-state index contributed by atoms with van der Waals surface area (Å²) in [5.41, 5.74) is 0.999. The molecule has 0 fully saturated rings. The van der Waals surface area contributed by atoms with Crippen LogP contribution in [0.15, 0.2) is 12.4 Å². The molecule has 0 radical (unpaired) electrons. The van der Waals surface area contributed by atoms with Gasteiger partial charge >= 0.3 is 0 Å². The fourth-order valence-corrected chi connectivity index (χ4v) is 1.55. The topological polar surface area (TPSA) is 29.0 Å². The third-order valence-corrected chi connectivity index (χ3v) is 2.00. The van der Waals surface area contributed by atoms with Crippen LogP contribution in [0.5, 0.6) is 0 Å². The number of halogens is 1. The van der Waals surface area contributed by atoms with Crippen molar-refractivity contribution in [3.8, 4) is 0 Å². The van der Waals surface area contributed by atoms with Crippen LogP contribution < -0.4 is 4.90 Å². The van der Waals surface area contributed by atoms with Gasteiger partial charge in [0.15, 0.2) is 0 Å². The van der Waals surface area contributed by atoms with Crippen LogP contribution in [0.4, 0.5) is 5.82 Å². The predicted molar refractivity (Wildman–Crippen MR) is 58.4 cm³/mol. The Morgan fingerprint density at radius 1 is 1.54 bits per heavy atom. The van der Waals surface area contributed by atoms with E-state index in [1.807, 2.05) is 20.0 Å². The van der Waals surface area contributed by atoms with Crippen molar-refractivity contribution in [2.45, 2.75) is 18.7 Å². The maximum Gasteiger partial charge on any atom is 0.131 e. The average Bonchev–Trinajstić information content (AvgIpc) is 2.03. The van der Waals surface area contributed by atoms with Crippen LogP contribution >= 0.6 is 15.9 Å². The Balaban J connectivity index is 2.71. The largest absolute Gasteiger partial charge is 0.358 e. The zero-order valence-corrected chi connectivity index (χ0v) is 9.74. The van der Waals surface area contributed by atoms with Gasteiger partial charge in [-0.15, -0.1) is 0 Å². The van der Waals surface area contributed by atoms with Crippen LogP contribution in [0.25, 0.3) is 0 Å². The molecule has 13 heavy (non-hydrogen) atoms. The molecule has 1 aromatic rings. The number of nitrogens with zero attached hydrogens (tertiary/aromatic N) is 3. The summed E-state index contributed by atoms with van der Waals surface area (Å²) < 4.78 is 0. The Hall–Kier alpha value is -0.640. The van der Waals surface area contributed by atoms with Crippen LogP contribution in [-0.4, -0.2) is 28.4 Å². The second-order valence-electron chi connectivity index (χ2n) is 3.18. The van der Waals surface area contributed by atoms with E-state index in [1.54, 1.807) is 6.33 Å². The number of aryl methyl sites for hydroxylation is 1. The van der Waals surface area contributed by atoms with E-state index in [4.69, 9.17) is 0 Å². The summed E-state index contributed by atoms with van der Waals surface area (Å²) in [6.45, 7) is 5.03. The van der Waals surface area contributed by atoms with Gasteiger partial charge in [-0.2, -0.15) is 0 Å². The van der Waals surface area contributed by atoms with Crippen molar-refractivity contribution in [2.24, 2.45) is 0 Å². The Morgan fingerprint density at radius 2 is 2.23 bits per heavy atom. The summed E-state index contributed by atoms with van der Waals surface area (Å²) in [4.78, 5) is 10.8. The molecule has 0 saturated carbocycles. The van der Waals surface area contributed by atoms with Gasteiger partial charge in [-0.05, 0) is 6.92 Å². The van der Waals surface area contributed by atoms with Crippen molar-refractivity contribution < 1.29 is 0 Å². The first-order valence-corrected chi connectivity index (χ1v) is 5.15. The Morgan fingerprint density at radius 3 is 2.77 bits per heavy atom. The number of hydrogen-bond donors (Lipinski definition) is 0. The van der Waals surface area contributed by atoms with Crippen LogP contribution in [0.3, 0.4) is 0 Å². The quantitative estimate of drug-likeness (QED) is 0.761. The lowest BCUT2D eigenvalue weighted by Crippen LogP contribution is -2.24. The van der Waals surface area contributed by atoms with Crippen LogP contribution in [-0.2, 0) is 0 Å². The molecule has 3 nitrogen and oxygen atoms in total. The number of alkyl halides is 1. The van der Waals surface area contributed by atoms with Gasteiger partial charge in [-0.3, -0.25) is 0 Å². The molecule has 1 aromatic heterocycles. The van der Waals surface area contributed by atoms with Crippen LogP contribution in [0.2, 0.25) is 0 Å². The van der Waals surface area contributed by atoms with Crippen molar-refractivity contribution in [3.63, 3.8) is 0 Å². The number of hydrogen-bond acceptors (Lipinski definition) is 3. The van der Waals surface area contributed by atoms with E-state index >= 15 is 0 Å². The van der Waals surface area contributed by atoms with Crippen molar-refractivity contribution >= 4 is 21.7 Å². The maximum atomic E-state index is 4.19. The third-order valence-electron chi connectivity index (χ3n) is 1.71. The van der Waals surface area contributed by atoms with E-state index in [2.05, 4.69) is 37.7 Å². The van der Waals surface area contributed by atoms with Crippen LogP contribution in [0, 0.1) is 6.92 Å². The summed E-state index contributed by atoms with van der Waals surface area (Å²) in [6, 6.07) is 1.98. The Kier molecular flexibility index (Phi) is 3.66. The fraction of sp³-hybridized carbons (Fsp3) is 0.556. The molecule has 0 aliphatic heterocycles. The van der Waals surface area contributed by atoms with E-state index in [-0.39, 0.29) is 0 Å². The van der Waals surface area contributed by atoms with Gasteiger partial charge in [0.25, 0.3) is 0 Å². The highest BCUT2D eigenvalue weighted by molar-refractivity contribution is 9.09. The monoisotopic (exact) mass is 243 g/mol. The second-order valence-corrected chi connectivity index (χ2v) is 4.74. The minimum atomic E-state index is 0.466. The zero-order chi connectivity index (χ0) is 9.84. The first-order chi connectivity index (χ1) is 6.09. The highest BCUT2D eigenvalue weighted by Crippen LogP contribution is 2.10. The molecule has 0 aliphatic rings. The molecule has 0 aliphatic carbocycles. The Labute approximate surface area is 87.3 Å². The van der Waals surface area contributed by atoms with Gasteiger partial charge < -0.3 is 4.90 Å². The normalized spacial score (nSPS) is 12.6. The molecule has 72 valence electrons. The molecule has 1 atom stereocenters. The number of rotatable bonds is 3.